The highest BCUT2D eigenvalue weighted by Crippen LogP contribution is 2.26. The lowest BCUT2D eigenvalue weighted by atomic mass is 9.95. The first-order chi connectivity index (χ1) is 20.7. The third kappa shape index (κ3) is 7.82. The van der Waals surface area contributed by atoms with E-state index in [1.54, 1.807) is 45.0 Å². The predicted molar refractivity (Wildman–Crippen MR) is 164 cm³/mol. The van der Waals surface area contributed by atoms with E-state index in [4.69, 9.17) is 9.47 Å². The fraction of sp³-hybridized carbons (Fsp3) is 0.500. The van der Waals surface area contributed by atoms with Crippen molar-refractivity contribution in [2.45, 2.75) is 90.8 Å². The highest BCUT2D eigenvalue weighted by molar-refractivity contribution is 5.84. The minimum absolute atomic E-state index is 0.0348. The number of fused-ring (bicyclic) bond motifs is 1. The normalized spacial score (nSPS) is 13.7. The summed E-state index contributed by atoms with van der Waals surface area (Å²) in [5.74, 6) is -0.984. The van der Waals surface area contributed by atoms with Crippen molar-refractivity contribution in [3.8, 4) is 0 Å². The van der Waals surface area contributed by atoms with E-state index >= 15 is 4.39 Å². The van der Waals surface area contributed by atoms with E-state index in [-0.39, 0.29) is 61.2 Å². The summed E-state index contributed by atoms with van der Waals surface area (Å²) in [5.41, 5.74) is -0.334. The number of rotatable bonds is 12. The molecule has 0 bridgehead atoms. The summed E-state index contributed by atoms with van der Waals surface area (Å²) in [6.07, 6.45) is 4.96. The number of esters is 1. The SMILES string of the molecule is CCOC(=O)CCCCN(C(=O)OCc1ccccc1)n1c(=O)c2cc(F)c(NC3CCCCC3)cc2n(C(C)C)c1=O. The molecule has 0 atom stereocenters. The van der Waals surface area contributed by atoms with Crippen LogP contribution in [0, 0.1) is 5.82 Å². The lowest BCUT2D eigenvalue weighted by Gasteiger charge is -2.27. The van der Waals surface area contributed by atoms with Gasteiger partial charge in [-0.3, -0.25) is 14.2 Å². The van der Waals surface area contributed by atoms with Crippen LogP contribution < -0.4 is 21.6 Å². The number of halogens is 1. The summed E-state index contributed by atoms with van der Waals surface area (Å²) in [6.45, 7) is 5.37. The molecular formula is C32H41FN4O6. The van der Waals surface area contributed by atoms with Crippen molar-refractivity contribution in [1.29, 1.82) is 0 Å². The molecule has 3 aromatic rings. The number of nitrogens with zero attached hydrogens (tertiary/aromatic N) is 3. The minimum atomic E-state index is -0.912. The van der Waals surface area contributed by atoms with Gasteiger partial charge in [0.15, 0.2) is 0 Å². The van der Waals surface area contributed by atoms with E-state index in [2.05, 4.69) is 5.32 Å². The molecule has 4 rings (SSSR count). The molecule has 1 fully saturated rings. The lowest BCUT2D eigenvalue weighted by molar-refractivity contribution is -0.143. The second-order valence-corrected chi connectivity index (χ2v) is 11.1. The van der Waals surface area contributed by atoms with Crippen LogP contribution in [0.15, 0.2) is 52.1 Å². The van der Waals surface area contributed by atoms with Crippen LogP contribution in [-0.4, -0.2) is 40.5 Å². The molecule has 1 aliphatic rings. The summed E-state index contributed by atoms with van der Waals surface area (Å²) >= 11 is 0. The summed E-state index contributed by atoms with van der Waals surface area (Å²) in [5, 5.41) is 4.18. The van der Waals surface area contributed by atoms with Gasteiger partial charge in [0, 0.05) is 25.0 Å². The van der Waals surface area contributed by atoms with Crippen LogP contribution in [0.4, 0.5) is 14.9 Å². The van der Waals surface area contributed by atoms with Crippen molar-refractivity contribution in [1.82, 2.24) is 9.24 Å². The van der Waals surface area contributed by atoms with E-state index in [0.717, 1.165) is 53.4 Å². The number of amides is 1. The zero-order chi connectivity index (χ0) is 30.9. The fourth-order valence-corrected chi connectivity index (χ4v) is 5.46. The number of hydrogen-bond acceptors (Lipinski definition) is 7. The molecule has 11 heteroatoms. The Kier molecular flexibility index (Phi) is 11.0. The number of benzene rings is 2. The molecule has 0 saturated heterocycles. The first kappa shape index (κ1) is 31.8. The maximum Gasteiger partial charge on any atom is 0.429 e. The molecule has 1 heterocycles. The molecule has 43 heavy (non-hydrogen) atoms. The second kappa shape index (κ2) is 14.8. The summed E-state index contributed by atoms with van der Waals surface area (Å²) in [6, 6.07) is 11.4. The number of unbranched alkanes of at least 4 members (excludes halogenated alkanes) is 1. The van der Waals surface area contributed by atoms with Crippen LogP contribution in [0.1, 0.15) is 83.7 Å². The number of hydrogen-bond donors (Lipinski definition) is 1. The van der Waals surface area contributed by atoms with Crippen LogP contribution in [0.25, 0.3) is 10.9 Å². The Labute approximate surface area is 250 Å². The molecule has 1 aliphatic carbocycles. The topological polar surface area (TPSA) is 112 Å². The van der Waals surface area contributed by atoms with Crippen molar-refractivity contribution < 1.29 is 23.5 Å². The number of carbonyl (C=O) groups is 2. The van der Waals surface area contributed by atoms with Crippen LogP contribution in [0.5, 0.6) is 0 Å². The van der Waals surface area contributed by atoms with E-state index in [0.29, 0.717) is 6.42 Å². The van der Waals surface area contributed by atoms with Crippen LogP contribution in [-0.2, 0) is 20.9 Å². The Morgan fingerprint density at radius 2 is 1.77 bits per heavy atom. The molecule has 0 unspecified atom stereocenters. The van der Waals surface area contributed by atoms with Crippen LogP contribution >= 0.6 is 0 Å². The Balaban J connectivity index is 1.73. The molecule has 1 saturated carbocycles. The molecule has 232 valence electrons. The predicted octanol–water partition coefficient (Wildman–Crippen LogP) is 5.64. The molecule has 1 aromatic heterocycles. The van der Waals surface area contributed by atoms with Crippen molar-refractivity contribution in [2.75, 3.05) is 23.5 Å². The number of carbonyl (C=O) groups excluding carboxylic acids is 2. The number of aromatic nitrogens is 2. The Morgan fingerprint density at radius 3 is 2.44 bits per heavy atom. The van der Waals surface area contributed by atoms with Gasteiger partial charge in [-0.1, -0.05) is 49.6 Å². The maximum atomic E-state index is 15.4. The second-order valence-electron chi connectivity index (χ2n) is 11.1. The molecule has 2 aromatic carbocycles. The summed E-state index contributed by atoms with van der Waals surface area (Å²) in [7, 11) is 0. The van der Waals surface area contributed by atoms with Crippen molar-refractivity contribution >= 4 is 28.7 Å². The monoisotopic (exact) mass is 596 g/mol. The average molecular weight is 597 g/mol. The van der Waals surface area contributed by atoms with Gasteiger partial charge in [-0.2, -0.15) is 4.68 Å². The largest absolute Gasteiger partial charge is 0.466 e. The quantitative estimate of drug-likeness (QED) is 0.213. The van der Waals surface area contributed by atoms with Gasteiger partial charge in [-0.15, -0.1) is 0 Å². The molecule has 1 amide bonds. The van der Waals surface area contributed by atoms with Crippen molar-refractivity contribution in [3.63, 3.8) is 0 Å². The Morgan fingerprint density at radius 1 is 1.05 bits per heavy atom. The van der Waals surface area contributed by atoms with Gasteiger partial charge in [-0.05, 0) is 64.2 Å². The third-order valence-electron chi connectivity index (χ3n) is 7.60. The highest BCUT2D eigenvalue weighted by atomic mass is 19.1. The molecule has 0 aliphatic heterocycles. The summed E-state index contributed by atoms with van der Waals surface area (Å²) < 4.78 is 28.0. The number of ether oxygens (including phenoxy) is 2. The number of nitrogens with one attached hydrogen (secondary N) is 1. The average Bonchev–Trinajstić information content (AvgIpc) is 2.99. The van der Waals surface area contributed by atoms with Gasteiger partial charge in [0.05, 0.1) is 23.2 Å². The molecular weight excluding hydrogens is 555 g/mol. The fourth-order valence-electron chi connectivity index (χ4n) is 5.46. The highest BCUT2D eigenvalue weighted by Gasteiger charge is 2.26. The molecule has 1 N–H and O–H groups in total. The van der Waals surface area contributed by atoms with Crippen LogP contribution in [0.3, 0.4) is 0 Å². The number of anilines is 1. The Bertz CT molecular complexity index is 1530. The van der Waals surface area contributed by atoms with E-state index in [1.807, 2.05) is 6.07 Å². The zero-order valence-corrected chi connectivity index (χ0v) is 25.1. The third-order valence-corrected chi connectivity index (χ3v) is 7.60. The summed E-state index contributed by atoms with van der Waals surface area (Å²) in [4.78, 5) is 53.1. The molecule has 0 spiro atoms. The van der Waals surface area contributed by atoms with Gasteiger partial charge in [0.25, 0.3) is 5.56 Å². The standard InChI is InChI=1S/C32H41FN4O6/c1-4-42-29(38)17-11-12-18-35(32(41)43-21-23-13-7-5-8-14-23)37-30(39)25-19-26(33)27(34-24-15-9-6-10-16-24)20-28(25)36(22(2)3)31(37)40/h5,7-8,13-14,19-20,22,24,34H,4,6,9-12,15-18,21H2,1-3H3. The molecule has 0 radical (unpaired) electrons. The smallest absolute Gasteiger partial charge is 0.429 e. The first-order valence-electron chi connectivity index (χ1n) is 15.1. The van der Waals surface area contributed by atoms with Crippen molar-refractivity contribution in [2.24, 2.45) is 0 Å². The van der Waals surface area contributed by atoms with Gasteiger partial charge in [0.1, 0.15) is 12.4 Å². The van der Waals surface area contributed by atoms with Crippen LogP contribution in [0.2, 0.25) is 0 Å². The van der Waals surface area contributed by atoms with E-state index in [9.17, 15) is 19.2 Å². The minimum Gasteiger partial charge on any atom is -0.466 e. The van der Waals surface area contributed by atoms with E-state index in [1.165, 1.54) is 10.6 Å². The van der Waals surface area contributed by atoms with E-state index < -0.39 is 29.2 Å². The Hall–Kier alpha value is -4.15. The van der Waals surface area contributed by atoms with Gasteiger partial charge >= 0.3 is 17.8 Å². The van der Waals surface area contributed by atoms with Gasteiger partial charge in [-0.25, -0.2) is 19.0 Å². The first-order valence-corrected chi connectivity index (χ1v) is 15.1. The van der Waals surface area contributed by atoms with Gasteiger partial charge < -0.3 is 14.8 Å². The molecule has 10 nitrogen and oxygen atoms in total. The maximum absolute atomic E-state index is 15.4. The van der Waals surface area contributed by atoms with Gasteiger partial charge in [0.2, 0.25) is 0 Å². The van der Waals surface area contributed by atoms with Crippen molar-refractivity contribution in [3.05, 3.63) is 74.7 Å². The zero-order valence-electron chi connectivity index (χ0n) is 25.1. The lowest BCUT2D eigenvalue weighted by Crippen LogP contribution is -2.55.